The molecule has 0 aliphatic carbocycles. The summed E-state index contributed by atoms with van der Waals surface area (Å²) in [7, 11) is -4.28. The summed E-state index contributed by atoms with van der Waals surface area (Å²) in [5.41, 5.74) is 1.29. The molecule has 1 unspecified atom stereocenters. The Bertz CT molecular complexity index is 526. The minimum atomic E-state index is -4.28. The van der Waals surface area contributed by atoms with Gasteiger partial charge in [-0.25, -0.2) is 0 Å². The molecule has 0 spiro atoms. The molecule has 0 aliphatic rings. The minimum Gasteiger partial charge on any atom is -0.394 e. The normalized spacial score (nSPS) is 13.4. The van der Waals surface area contributed by atoms with Crippen LogP contribution in [0, 0.1) is 6.92 Å². The maximum atomic E-state index is 11.3. The van der Waals surface area contributed by atoms with Crippen LogP contribution < -0.4 is 0 Å². The molecule has 1 aromatic rings. The van der Waals surface area contributed by atoms with Crippen molar-refractivity contribution in [2.24, 2.45) is 0 Å². The van der Waals surface area contributed by atoms with Crippen molar-refractivity contribution < 1.29 is 27.6 Å². The third kappa shape index (κ3) is 5.18. The number of aliphatic hydroxyl groups is 1. The standard InChI is InChI=1S/C13H20O6S/c1-10-3-4-13(20(15,16)17)12(9-10)11(2)19-8-7-18-6-5-14/h3-4,9,11,14H,5-8H2,1-2H3,(H,15,16,17). The fourth-order valence-electron chi connectivity index (χ4n) is 1.76. The predicted octanol–water partition coefficient (Wildman–Crippen LogP) is 1.33. The van der Waals surface area contributed by atoms with E-state index in [9.17, 15) is 13.0 Å². The molecule has 0 heterocycles. The maximum Gasteiger partial charge on any atom is 0.294 e. The van der Waals surface area contributed by atoms with Crippen LogP contribution in [0.5, 0.6) is 0 Å². The van der Waals surface area contributed by atoms with E-state index in [-0.39, 0.29) is 24.7 Å². The molecule has 6 nitrogen and oxygen atoms in total. The fourth-order valence-corrected chi connectivity index (χ4v) is 2.52. The molecule has 0 saturated heterocycles. The number of rotatable bonds is 8. The topological polar surface area (TPSA) is 93.1 Å². The molecule has 1 atom stereocenters. The van der Waals surface area contributed by atoms with Crippen LogP contribution in [-0.2, 0) is 19.6 Å². The molecule has 1 rings (SSSR count). The van der Waals surface area contributed by atoms with Crippen molar-refractivity contribution in [2.75, 3.05) is 26.4 Å². The average molecular weight is 304 g/mol. The van der Waals surface area contributed by atoms with Crippen LogP contribution in [0.4, 0.5) is 0 Å². The van der Waals surface area contributed by atoms with Gasteiger partial charge in [-0.15, -0.1) is 0 Å². The summed E-state index contributed by atoms with van der Waals surface area (Å²) in [4.78, 5) is -0.146. The molecular formula is C13H20O6S. The molecule has 0 fully saturated rings. The van der Waals surface area contributed by atoms with Crippen LogP contribution in [-0.4, -0.2) is 44.5 Å². The van der Waals surface area contributed by atoms with Gasteiger partial charge in [0.05, 0.1) is 37.4 Å². The summed E-state index contributed by atoms with van der Waals surface area (Å²) in [6.07, 6.45) is -0.496. The second-order valence-corrected chi connectivity index (χ2v) is 5.76. The summed E-state index contributed by atoms with van der Waals surface area (Å²) in [5, 5.41) is 8.55. The second kappa shape index (κ2) is 7.70. The van der Waals surface area contributed by atoms with Gasteiger partial charge in [0.15, 0.2) is 0 Å². The highest BCUT2D eigenvalue weighted by molar-refractivity contribution is 7.85. The second-order valence-electron chi connectivity index (χ2n) is 4.37. The van der Waals surface area contributed by atoms with Gasteiger partial charge in [0.2, 0.25) is 0 Å². The van der Waals surface area contributed by atoms with E-state index in [1.807, 2.05) is 6.92 Å². The lowest BCUT2D eigenvalue weighted by Gasteiger charge is -2.17. The van der Waals surface area contributed by atoms with Crippen molar-refractivity contribution in [3.05, 3.63) is 29.3 Å². The molecule has 0 bridgehead atoms. The number of benzene rings is 1. The van der Waals surface area contributed by atoms with E-state index in [2.05, 4.69) is 0 Å². The zero-order chi connectivity index (χ0) is 15.2. The molecule has 0 radical (unpaired) electrons. The average Bonchev–Trinajstić information content (AvgIpc) is 2.36. The summed E-state index contributed by atoms with van der Waals surface area (Å²) in [6, 6.07) is 4.65. The SMILES string of the molecule is Cc1ccc(S(=O)(=O)O)c(C(C)OCCOCCO)c1. The zero-order valence-electron chi connectivity index (χ0n) is 11.6. The summed E-state index contributed by atoms with van der Waals surface area (Å²) < 4.78 is 42.4. The van der Waals surface area contributed by atoms with Crippen LogP contribution in [0.25, 0.3) is 0 Å². The van der Waals surface area contributed by atoms with Gasteiger partial charge in [0.1, 0.15) is 0 Å². The van der Waals surface area contributed by atoms with Crippen LogP contribution >= 0.6 is 0 Å². The van der Waals surface area contributed by atoms with Crippen molar-refractivity contribution in [1.29, 1.82) is 0 Å². The summed E-state index contributed by atoms with van der Waals surface area (Å²) in [5.74, 6) is 0. The molecule has 1 aromatic carbocycles. The first-order valence-corrected chi connectivity index (χ1v) is 7.68. The molecule has 20 heavy (non-hydrogen) atoms. The molecule has 0 aromatic heterocycles. The van der Waals surface area contributed by atoms with E-state index < -0.39 is 16.2 Å². The first-order valence-electron chi connectivity index (χ1n) is 6.24. The number of aliphatic hydroxyl groups excluding tert-OH is 1. The molecule has 114 valence electrons. The molecule has 2 N–H and O–H groups in total. The Hall–Kier alpha value is -0.990. The van der Waals surface area contributed by atoms with E-state index in [1.165, 1.54) is 6.07 Å². The van der Waals surface area contributed by atoms with Gasteiger partial charge in [-0.05, 0) is 19.9 Å². The lowest BCUT2D eigenvalue weighted by molar-refractivity contribution is 0.00242. The Morgan fingerprint density at radius 2 is 1.95 bits per heavy atom. The van der Waals surface area contributed by atoms with Gasteiger partial charge in [-0.3, -0.25) is 4.55 Å². The Kier molecular flexibility index (Phi) is 6.57. The van der Waals surface area contributed by atoms with Gasteiger partial charge in [-0.2, -0.15) is 8.42 Å². The van der Waals surface area contributed by atoms with Gasteiger partial charge in [0, 0.05) is 5.56 Å². The van der Waals surface area contributed by atoms with Gasteiger partial charge >= 0.3 is 0 Å². The summed E-state index contributed by atoms with van der Waals surface area (Å²) >= 11 is 0. The highest BCUT2D eigenvalue weighted by Gasteiger charge is 2.19. The zero-order valence-corrected chi connectivity index (χ0v) is 12.4. The first-order chi connectivity index (χ1) is 9.36. The third-order valence-electron chi connectivity index (χ3n) is 2.71. The highest BCUT2D eigenvalue weighted by atomic mass is 32.2. The van der Waals surface area contributed by atoms with Gasteiger partial charge in [-0.1, -0.05) is 17.7 Å². The first kappa shape index (κ1) is 17.1. The molecule has 0 amide bonds. The predicted molar refractivity (Wildman–Crippen MR) is 73.3 cm³/mol. The number of hydrogen-bond donors (Lipinski definition) is 2. The monoisotopic (exact) mass is 304 g/mol. The van der Waals surface area contributed by atoms with Gasteiger partial charge in [0.25, 0.3) is 10.1 Å². The van der Waals surface area contributed by atoms with Crippen molar-refractivity contribution in [3.8, 4) is 0 Å². The van der Waals surface area contributed by atoms with Gasteiger partial charge < -0.3 is 14.6 Å². The highest BCUT2D eigenvalue weighted by Crippen LogP contribution is 2.26. The number of hydrogen-bond acceptors (Lipinski definition) is 5. The fraction of sp³-hybridized carbons (Fsp3) is 0.538. The van der Waals surface area contributed by atoms with E-state index in [4.69, 9.17) is 14.6 Å². The lowest BCUT2D eigenvalue weighted by atomic mass is 10.1. The van der Waals surface area contributed by atoms with E-state index in [1.54, 1.807) is 19.1 Å². The maximum absolute atomic E-state index is 11.3. The number of ether oxygens (including phenoxy) is 2. The van der Waals surface area contributed by atoms with Crippen molar-refractivity contribution in [1.82, 2.24) is 0 Å². The third-order valence-corrected chi connectivity index (χ3v) is 3.64. The Balaban J connectivity index is 2.76. The minimum absolute atomic E-state index is 0.0552. The largest absolute Gasteiger partial charge is 0.394 e. The van der Waals surface area contributed by atoms with Crippen molar-refractivity contribution in [2.45, 2.75) is 24.8 Å². The smallest absolute Gasteiger partial charge is 0.294 e. The quantitative estimate of drug-likeness (QED) is 0.556. The molecule has 7 heteroatoms. The number of aryl methyl sites for hydroxylation is 1. The van der Waals surface area contributed by atoms with E-state index in [0.29, 0.717) is 12.2 Å². The van der Waals surface area contributed by atoms with Crippen LogP contribution in [0.3, 0.4) is 0 Å². The Labute approximate surface area is 119 Å². The summed E-state index contributed by atoms with van der Waals surface area (Å²) in [6.45, 7) is 4.28. The van der Waals surface area contributed by atoms with Crippen LogP contribution in [0.2, 0.25) is 0 Å². The molecule has 0 saturated carbocycles. The molecular weight excluding hydrogens is 284 g/mol. The van der Waals surface area contributed by atoms with Crippen molar-refractivity contribution in [3.63, 3.8) is 0 Å². The van der Waals surface area contributed by atoms with E-state index in [0.717, 1.165) is 5.56 Å². The Morgan fingerprint density at radius 1 is 1.25 bits per heavy atom. The van der Waals surface area contributed by atoms with E-state index >= 15 is 0 Å². The van der Waals surface area contributed by atoms with Crippen LogP contribution in [0.15, 0.2) is 23.1 Å². The van der Waals surface area contributed by atoms with Crippen molar-refractivity contribution >= 4 is 10.1 Å². The van der Waals surface area contributed by atoms with Crippen LogP contribution in [0.1, 0.15) is 24.2 Å². The Morgan fingerprint density at radius 3 is 2.55 bits per heavy atom. The lowest BCUT2D eigenvalue weighted by Crippen LogP contribution is -2.12. The molecule has 0 aliphatic heterocycles.